The van der Waals surface area contributed by atoms with E-state index in [2.05, 4.69) is 24.5 Å². The van der Waals surface area contributed by atoms with Crippen molar-refractivity contribution in [2.45, 2.75) is 122 Å². The number of unbranched alkanes of at least 4 members (excludes halogenated alkanes) is 9. The molecule has 0 spiro atoms. The molecule has 0 aromatic rings. The van der Waals surface area contributed by atoms with E-state index in [1.165, 1.54) is 51.4 Å². The summed E-state index contributed by atoms with van der Waals surface area (Å²) in [5.41, 5.74) is 0. The van der Waals surface area contributed by atoms with E-state index in [1.54, 1.807) is 4.90 Å². The first-order valence-corrected chi connectivity index (χ1v) is 13.0. The lowest BCUT2D eigenvalue weighted by Gasteiger charge is -2.38. The normalized spacial score (nSPS) is 23.6. The molecule has 2 rings (SSSR count). The number of hydrogen-bond donors (Lipinski definition) is 2. The summed E-state index contributed by atoms with van der Waals surface area (Å²) in [5.74, 6) is -0.728. The van der Waals surface area contributed by atoms with Crippen LogP contribution in [0.3, 0.4) is 0 Å². The van der Waals surface area contributed by atoms with Crippen molar-refractivity contribution in [3.8, 4) is 0 Å². The van der Waals surface area contributed by atoms with Gasteiger partial charge in [0, 0.05) is 19.1 Å². The molecule has 184 valence electrons. The molecular weight excluding hydrogens is 406 g/mol. The monoisotopic (exact) mass is 451 g/mol. The Labute approximate surface area is 194 Å². The topological polar surface area (TPSA) is 87.7 Å². The molecule has 3 atom stereocenters. The molecular formula is C25H45N3O4. The quantitative estimate of drug-likeness (QED) is 0.311. The molecule has 2 amide bonds. The molecule has 2 aliphatic rings. The van der Waals surface area contributed by atoms with Gasteiger partial charge in [0.1, 0.15) is 6.04 Å². The van der Waals surface area contributed by atoms with Crippen LogP contribution in [0.4, 0.5) is 0 Å². The van der Waals surface area contributed by atoms with E-state index in [-0.39, 0.29) is 24.3 Å². The molecule has 0 aliphatic carbocycles. The number of nitrogens with one attached hydrogen (secondary N) is 2. The van der Waals surface area contributed by atoms with Gasteiger partial charge in [0.05, 0.1) is 19.1 Å². The Kier molecular flexibility index (Phi) is 12.7. The SMILES string of the molecule is CCCCCCCCCCCCOC(=O)CC1C(=O)NCCN1C(=O)C1CCCC(C)N1. The second-order valence-electron chi connectivity index (χ2n) is 9.50. The third-order valence-electron chi connectivity index (χ3n) is 6.65. The molecule has 2 saturated heterocycles. The van der Waals surface area contributed by atoms with E-state index in [0.717, 1.165) is 32.1 Å². The largest absolute Gasteiger partial charge is 0.466 e. The highest BCUT2D eigenvalue weighted by atomic mass is 16.5. The van der Waals surface area contributed by atoms with Crippen LogP contribution in [0.2, 0.25) is 0 Å². The van der Waals surface area contributed by atoms with E-state index >= 15 is 0 Å². The van der Waals surface area contributed by atoms with Gasteiger partial charge in [-0.15, -0.1) is 0 Å². The number of piperazine rings is 1. The van der Waals surface area contributed by atoms with Crippen LogP contribution in [0.15, 0.2) is 0 Å². The van der Waals surface area contributed by atoms with Gasteiger partial charge in [-0.2, -0.15) is 0 Å². The van der Waals surface area contributed by atoms with Gasteiger partial charge in [0.15, 0.2) is 0 Å². The Morgan fingerprint density at radius 3 is 2.31 bits per heavy atom. The van der Waals surface area contributed by atoms with Crippen LogP contribution in [0.25, 0.3) is 0 Å². The maximum atomic E-state index is 13.0. The minimum atomic E-state index is -0.768. The summed E-state index contributed by atoms with van der Waals surface area (Å²) in [7, 11) is 0. The van der Waals surface area contributed by atoms with Gasteiger partial charge >= 0.3 is 5.97 Å². The van der Waals surface area contributed by atoms with Crippen molar-refractivity contribution in [3.05, 3.63) is 0 Å². The molecule has 0 aromatic carbocycles. The van der Waals surface area contributed by atoms with E-state index in [1.807, 2.05) is 0 Å². The Hall–Kier alpha value is -1.63. The van der Waals surface area contributed by atoms with Crippen molar-refractivity contribution in [1.82, 2.24) is 15.5 Å². The predicted molar refractivity (Wildman–Crippen MR) is 126 cm³/mol. The zero-order valence-corrected chi connectivity index (χ0v) is 20.3. The Balaban J connectivity index is 1.64. The van der Waals surface area contributed by atoms with Gasteiger partial charge in [-0.05, 0) is 32.6 Å². The minimum Gasteiger partial charge on any atom is -0.466 e. The van der Waals surface area contributed by atoms with Crippen LogP contribution in [0, 0.1) is 0 Å². The van der Waals surface area contributed by atoms with Gasteiger partial charge in [-0.1, -0.05) is 64.7 Å². The minimum absolute atomic E-state index is 0.0705. The van der Waals surface area contributed by atoms with Crippen LogP contribution in [0.1, 0.15) is 104 Å². The standard InChI is InChI=1S/C25H45N3O4/c1-3-4-5-6-7-8-9-10-11-12-18-32-23(29)19-22-24(30)26-16-17-28(22)25(31)21-15-13-14-20(2)27-21/h20-22,27H,3-19H2,1-2H3,(H,26,30). The first-order valence-electron chi connectivity index (χ1n) is 13.0. The highest BCUT2D eigenvalue weighted by Gasteiger charge is 2.38. The van der Waals surface area contributed by atoms with Crippen molar-refractivity contribution in [3.63, 3.8) is 0 Å². The first-order chi connectivity index (χ1) is 15.5. The number of piperidine rings is 1. The molecule has 0 saturated carbocycles. The zero-order chi connectivity index (χ0) is 23.2. The Morgan fingerprint density at radius 2 is 1.66 bits per heavy atom. The number of esters is 1. The molecule has 3 unspecified atom stereocenters. The summed E-state index contributed by atoms with van der Waals surface area (Å²) in [5, 5.41) is 6.12. The molecule has 0 radical (unpaired) electrons. The molecule has 2 fully saturated rings. The molecule has 7 nitrogen and oxygen atoms in total. The lowest BCUT2D eigenvalue weighted by molar-refractivity contribution is -0.152. The lowest BCUT2D eigenvalue weighted by atomic mass is 9.97. The third-order valence-corrected chi connectivity index (χ3v) is 6.65. The maximum Gasteiger partial charge on any atom is 0.308 e. The average Bonchev–Trinajstić information content (AvgIpc) is 2.78. The summed E-state index contributed by atoms with van der Waals surface area (Å²) in [4.78, 5) is 39.4. The number of rotatable bonds is 14. The number of nitrogens with zero attached hydrogens (tertiary/aromatic N) is 1. The summed E-state index contributed by atoms with van der Waals surface area (Å²) >= 11 is 0. The molecule has 7 heteroatoms. The van der Waals surface area contributed by atoms with Crippen LogP contribution >= 0.6 is 0 Å². The molecule has 0 bridgehead atoms. The Morgan fingerprint density at radius 1 is 1.00 bits per heavy atom. The van der Waals surface area contributed by atoms with Crippen LogP contribution in [-0.4, -0.2) is 60.5 Å². The summed E-state index contributed by atoms with van der Waals surface area (Å²) in [6.07, 6.45) is 15.0. The van der Waals surface area contributed by atoms with Crippen LogP contribution in [0.5, 0.6) is 0 Å². The highest BCUT2D eigenvalue weighted by Crippen LogP contribution is 2.18. The lowest BCUT2D eigenvalue weighted by Crippen LogP contribution is -2.62. The smallest absolute Gasteiger partial charge is 0.308 e. The third kappa shape index (κ3) is 9.47. The fourth-order valence-electron chi connectivity index (χ4n) is 4.71. The molecule has 2 heterocycles. The molecule has 0 aromatic heterocycles. The van der Waals surface area contributed by atoms with Gasteiger partial charge in [-0.25, -0.2) is 0 Å². The van der Waals surface area contributed by atoms with Crippen LogP contribution in [-0.2, 0) is 19.1 Å². The summed E-state index contributed by atoms with van der Waals surface area (Å²) < 4.78 is 5.38. The molecule has 32 heavy (non-hydrogen) atoms. The number of carbonyl (C=O) groups excluding carboxylic acids is 3. The number of hydrogen-bond acceptors (Lipinski definition) is 5. The fourth-order valence-corrected chi connectivity index (χ4v) is 4.71. The van der Waals surface area contributed by atoms with Crippen molar-refractivity contribution >= 4 is 17.8 Å². The second kappa shape index (κ2) is 15.3. The van der Waals surface area contributed by atoms with E-state index < -0.39 is 12.0 Å². The first kappa shape index (κ1) is 26.6. The van der Waals surface area contributed by atoms with Gasteiger partial charge in [-0.3, -0.25) is 14.4 Å². The van der Waals surface area contributed by atoms with Gasteiger partial charge < -0.3 is 20.3 Å². The van der Waals surface area contributed by atoms with E-state index in [4.69, 9.17) is 4.74 Å². The van der Waals surface area contributed by atoms with E-state index in [0.29, 0.717) is 25.7 Å². The van der Waals surface area contributed by atoms with Gasteiger partial charge in [0.25, 0.3) is 0 Å². The van der Waals surface area contributed by atoms with Gasteiger partial charge in [0.2, 0.25) is 11.8 Å². The maximum absolute atomic E-state index is 13.0. The van der Waals surface area contributed by atoms with Crippen molar-refractivity contribution in [1.29, 1.82) is 0 Å². The number of carbonyl (C=O) groups is 3. The van der Waals surface area contributed by atoms with Crippen LogP contribution < -0.4 is 10.6 Å². The molecule has 2 aliphatic heterocycles. The van der Waals surface area contributed by atoms with Crippen molar-refractivity contribution in [2.24, 2.45) is 0 Å². The summed E-state index contributed by atoms with van der Waals surface area (Å²) in [6.45, 7) is 5.57. The highest BCUT2D eigenvalue weighted by molar-refractivity contribution is 5.93. The second-order valence-corrected chi connectivity index (χ2v) is 9.50. The Bertz CT molecular complexity index is 584. The summed E-state index contributed by atoms with van der Waals surface area (Å²) in [6, 6.07) is -0.744. The van der Waals surface area contributed by atoms with Crippen molar-refractivity contribution < 1.29 is 19.1 Å². The zero-order valence-electron chi connectivity index (χ0n) is 20.3. The van der Waals surface area contributed by atoms with Crippen molar-refractivity contribution in [2.75, 3.05) is 19.7 Å². The fraction of sp³-hybridized carbons (Fsp3) is 0.880. The average molecular weight is 452 g/mol. The predicted octanol–water partition coefficient (Wildman–Crippen LogP) is 3.70. The number of ether oxygens (including phenoxy) is 1. The molecule has 2 N–H and O–H groups in total. The van der Waals surface area contributed by atoms with E-state index in [9.17, 15) is 14.4 Å². The number of amides is 2.